The lowest BCUT2D eigenvalue weighted by Gasteiger charge is -2.13. The van der Waals surface area contributed by atoms with Crippen molar-refractivity contribution < 1.29 is 28.6 Å². The smallest absolute Gasteiger partial charge is 0.343 e. The largest absolute Gasteiger partial charge is 0.508 e. The topological polar surface area (TPSA) is 96.6 Å². The summed E-state index contributed by atoms with van der Waals surface area (Å²) in [6.45, 7) is 0.000738. The number of rotatable bonds is 6. The Morgan fingerprint density at radius 3 is 2.23 bits per heavy atom. The van der Waals surface area contributed by atoms with Crippen molar-refractivity contribution in [3.05, 3.63) is 119 Å². The van der Waals surface area contributed by atoms with Crippen molar-refractivity contribution in [3.63, 3.8) is 0 Å². The maximum Gasteiger partial charge on any atom is 0.343 e. The summed E-state index contributed by atoms with van der Waals surface area (Å²) in [4.78, 5) is 25.6. The highest BCUT2D eigenvalue weighted by Gasteiger charge is 2.20. The molecule has 0 saturated heterocycles. The Hall–Kier alpha value is -4.96. The lowest BCUT2D eigenvalue weighted by Crippen LogP contribution is -2.13. The molecule has 0 aliphatic heterocycles. The molecule has 0 heterocycles. The first-order chi connectivity index (χ1) is 16.9. The van der Waals surface area contributed by atoms with Crippen LogP contribution in [0.5, 0.6) is 11.5 Å². The van der Waals surface area contributed by atoms with Gasteiger partial charge in [0.25, 0.3) is 0 Å². The van der Waals surface area contributed by atoms with Gasteiger partial charge in [0.1, 0.15) is 35.6 Å². The third-order valence-corrected chi connectivity index (χ3v) is 5.14. The predicted molar refractivity (Wildman–Crippen MR) is 125 cm³/mol. The van der Waals surface area contributed by atoms with Gasteiger partial charge in [-0.25, -0.2) is 14.0 Å². The first-order valence-electron chi connectivity index (χ1n) is 10.5. The van der Waals surface area contributed by atoms with Crippen LogP contribution in [0.25, 0.3) is 11.1 Å². The van der Waals surface area contributed by atoms with Gasteiger partial charge >= 0.3 is 11.9 Å². The molecule has 0 aliphatic carbocycles. The van der Waals surface area contributed by atoms with Gasteiger partial charge in [0.15, 0.2) is 0 Å². The number of hydrogen-bond acceptors (Lipinski definition) is 6. The SMILES string of the molecule is N#Cc1ccc(-c2ccc(OC(=O)c3ccc(O)cc3)c(C(=O)OCc3ccccc3)c2)cc1F. The average molecular weight is 467 g/mol. The summed E-state index contributed by atoms with van der Waals surface area (Å²) in [7, 11) is 0. The summed E-state index contributed by atoms with van der Waals surface area (Å²) < 4.78 is 25.1. The van der Waals surface area contributed by atoms with Crippen LogP contribution < -0.4 is 4.74 Å². The monoisotopic (exact) mass is 467 g/mol. The van der Waals surface area contributed by atoms with E-state index in [0.717, 1.165) is 5.56 Å². The summed E-state index contributed by atoms with van der Waals surface area (Å²) in [5.41, 5.74) is 1.70. The third kappa shape index (κ3) is 5.52. The normalized spacial score (nSPS) is 10.3. The molecule has 172 valence electrons. The van der Waals surface area contributed by atoms with Crippen molar-refractivity contribution in [1.29, 1.82) is 5.26 Å². The van der Waals surface area contributed by atoms with E-state index < -0.39 is 17.8 Å². The number of aromatic hydroxyl groups is 1. The highest BCUT2D eigenvalue weighted by molar-refractivity contribution is 5.97. The van der Waals surface area contributed by atoms with Crippen molar-refractivity contribution in [2.45, 2.75) is 6.61 Å². The molecule has 7 heteroatoms. The lowest BCUT2D eigenvalue weighted by atomic mass is 10.0. The van der Waals surface area contributed by atoms with Crippen molar-refractivity contribution in [1.82, 2.24) is 0 Å². The van der Waals surface area contributed by atoms with Crippen LogP contribution >= 0.6 is 0 Å². The molecule has 0 saturated carbocycles. The van der Waals surface area contributed by atoms with Crippen molar-refractivity contribution in [2.24, 2.45) is 0 Å². The van der Waals surface area contributed by atoms with E-state index in [2.05, 4.69) is 0 Å². The molecule has 35 heavy (non-hydrogen) atoms. The molecule has 0 bridgehead atoms. The minimum atomic E-state index is -0.738. The molecule has 0 radical (unpaired) electrons. The number of phenols is 1. The Morgan fingerprint density at radius 2 is 1.54 bits per heavy atom. The Morgan fingerprint density at radius 1 is 0.857 bits per heavy atom. The van der Waals surface area contributed by atoms with Crippen LogP contribution in [-0.4, -0.2) is 17.0 Å². The molecule has 6 nitrogen and oxygen atoms in total. The van der Waals surface area contributed by atoms with E-state index in [1.54, 1.807) is 30.3 Å². The fourth-order valence-corrected chi connectivity index (χ4v) is 3.30. The van der Waals surface area contributed by atoms with Gasteiger partial charge in [0.2, 0.25) is 0 Å². The van der Waals surface area contributed by atoms with Gasteiger partial charge in [-0.15, -0.1) is 0 Å². The molecule has 4 aromatic carbocycles. The molecular weight excluding hydrogens is 449 g/mol. The van der Waals surface area contributed by atoms with Crippen molar-refractivity contribution in [3.8, 4) is 28.7 Å². The highest BCUT2D eigenvalue weighted by atomic mass is 19.1. The number of phenolic OH excluding ortho intramolecular Hbond substituents is 1. The minimum Gasteiger partial charge on any atom is -0.508 e. The number of hydrogen-bond donors (Lipinski definition) is 1. The second kappa shape index (κ2) is 10.3. The van der Waals surface area contributed by atoms with Crippen LogP contribution in [0.1, 0.15) is 31.8 Å². The van der Waals surface area contributed by atoms with E-state index in [1.807, 2.05) is 18.2 Å². The molecule has 0 atom stereocenters. The Balaban J connectivity index is 1.67. The summed E-state index contributed by atoms with van der Waals surface area (Å²) in [5.74, 6) is -2.22. The summed E-state index contributed by atoms with van der Waals surface area (Å²) >= 11 is 0. The third-order valence-electron chi connectivity index (χ3n) is 5.14. The number of nitrogens with zero attached hydrogens (tertiary/aromatic N) is 1. The molecule has 1 N–H and O–H groups in total. The molecule has 0 aliphatic rings. The zero-order chi connectivity index (χ0) is 24.8. The molecule has 0 amide bonds. The number of carbonyl (C=O) groups is 2. The summed E-state index contributed by atoms with van der Waals surface area (Å²) in [6.07, 6.45) is 0. The number of halogens is 1. The quantitative estimate of drug-likeness (QED) is 0.291. The van der Waals surface area contributed by atoms with Gasteiger partial charge in [-0.1, -0.05) is 42.5 Å². The zero-order valence-corrected chi connectivity index (χ0v) is 18.3. The fourth-order valence-electron chi connectivity index (χ4n) is 3.30. The van der Waals surface area contributed by atoms with Crippen molar-refractivity contribution in [2.75, 3.05) is 0 Å². The van der Waals surface area contributed by atoms with Crippen LogP contribution in [0.2, 0.25) is 0 Å². The fraction of sp³-hybridized carbons (Fsp3) is 0.0357. The minimum absolute atomic E-state index is 0.000738. The maximum absolute atomic E-state index is 14.2. The Bertz CT molecular complexity index is 1430. The number of benzene rings is 4. The lowest BCUT2D eigenvalue weighted by molar-refractivity contribution is 0.0467. The number of carbonyl (C=O) groups excluding carboxylic acids is 2. The molecule has 0 fully saturated rings. The van der Waals surface area contributed by atoms with Gasteiger partial charge in [-0.05, 0) is 65.2 Å². The summed E-state index contributed by atoms with van der Waals surface area (Å²) in [5, 5.41) is 18.4. The highest BCUT2D eigenvalue weighted by Crippen LogP contribution is 2.29. The molecular formula is C28H18FNO5. The van der Waals surface area contributed by atoms with Crippen LogP contribution in [0.15, 0.2) is 91.0 Å². The second-order valence-corrected chi connectivity index (χ2v) is 7.52. The number of nitriles is 1. The van der Waals surface area contributed by atoms with Crippen LogP contribution in [0, 0.1) is 17.1 Å². The van der Waals surface area contributed by atoms with E-state index in [0.29, 0.717) is 11.1 Å². The standard InChI is InChI=1S/C28H18FNO5/c29-25-15-21(6-7-22(25)16-30)20-10-13-26(35-27(32)19-8-11-23(31)12-9-19)24(14-20)28(33)34-17-18-4-2-1-3-5-18/h1-15,31H,17H2. The van der Waals surface area contributed by atoms with Gasteiger partial charge in [0.05, 0.1) is 11.1 Å². The maximum atomic E-state index is 14.2. The van der Waals surface area contributed by atoms with E-state index >= 15 is 0 Å². The number of ether oxygens (including phenoxy) is 2. The Labute approximate surface area is 200 Å². The predicted octanol–water partition coefficient (Wildman–Crippen LogP) is 5.65. The second-order valence-electron chi connectivity index (χ2n) is 7.52. The average Bonchev–Trinajstić information content (AvgIpc) is 2.88. The molecule has 4 rings (SSSR count). The molecule has 0 unspecified atom stereocenters. The van der Waals surface area contributed by atoms with Crippen LogP contribution in [0.4, 0.5) is 4.39 Å². The molecule has 0 aromatic heterocycles. The van der Waals surface area contributed by atoms with Gasteiger partial charge in [-0.3, -0.25) is 0 Å². The van der Waals surface area contributed by atoms with Gasteiger partial charge < -0.3 is 14.6 Å². The van der Waals surface area contributed by atoms with Gasteiger partial charge in [-0.2, -0.15) is 5.26 Å². The van der Waals surface area contributed by atoms with E-state index in [4.69, 9.17) is 14.7 Å². The van der Waals surface area contributed by atoms with Crippen LogP contribution in [0.3, 0.4) is 0 Å². The zero-order valence-electron chi connectivity index (χ0n) is 18.3. The first kappa shape index (κ1) is 23.2. The van der Waals surface area contributed by atoms with Gasteiger partial charge in [0, 0.05) is 0 Å². The van der Waals surface area contributed by atoms with Crippen LogP contribution in [-0.2, 0) is 11.3 Å². The molecule has 0 spiro atoms. The first-order valence-corrected chi connectivity index (χ1v) is 10.5. The van der Waals surface area contributed by atoms with E-state index in [-0.39, 0.29) is 34.8 Å². The van der Waals surface area contributed by atoms with Crippen molar-refractivity contribution >= 4 is 11.9 Å². The number of esters is 2. The van der Waals surface area contributed by atoms with E-state index in [9.17, 15) is 19.1 Å². The summed E-state index contributed by atoms with van der Waals surface area (Å²) in [6, 6.07) is 24.8. The Kier molecular flexibility index (Phi) is 6.84. The molecule has 4 aromatic rings. The van der Waals surface area contributed by atoms with E-state index in [1.165, 1.54) is 48.5 Å².